The molecular weight excluding hydrogens is 242 g/mol. The second-order valence-corrected chi connectivity index (χ2v) is 5.10. The highest BCUT2D eigenvalue weighted by molar-refractivity contribution is 6.02. The van der Waals surface area contributed by atoms with E-state index in [4.69, 9.17) is 10.9 Å². The zero-order valence-electron chi connectivity index (χ0n) is 11.7. The first-order valence-corrected chi connectivity index (χ1v) is 6.65. The number of aromatic nitrogens is 2. The summed E-state index contributed by atoms with van der Waals surface area (Å²) in [5, 5.41) is 20.5. The maximum Gasteiger partial charge on any atom is 0.174 e. The van der Waals surface area contributed by atoms with Crippen molar-refractivity contribution in [3.05, 3.63) is 16.8 Å². The Morgan fingerprint density at radius 1 is 1.47 bits per heavy atom. The molecule has 1 aromatic rings. The predicted molar refractivity (Wildman–Crippen MR) is 74.6 cm³/mol. The maximum atomic E-state index is 8.97. The molecule has 3 N–H and O–H groups in total. The molecular formula is C13H21N5O. The number of oxime groups is 1. The predicted octanol–water partition coefficient (Wildman–Crippen LogP) is 1.42. The molecule has 104 valence electrons. The zero-order chi connectivity index (χ0) is 14.0. The molecule has 2 heterocycles. The molecule has 19 heavy (non-hydrogen) atoms. The van der Waals surface area contributed by atoms with Crippen molar-refractivity contribution < 1.29 is 5.21 Å². The van der Waals surface area contributed by atoms with Gasteiger partial charge in [0.05, 0.1) is 11.3 Å². The number of rotatable bonds is 3. The van der Waals surface area contributed by atoms with Crippen LogP contribution in [0.25, 0.3) is 0 Å². The number of nitrogens with zero attached hydrogens (tertiary/aromatic N) is 4. The van der Waals surface area contributed by atoms with E-state index in [-0.39, 0.29) is 5.84 Å². The Morgan fingerprint density at radius 2 is 2.21 bits per heavy atom. The maximum absolute atomic E-state index is 8.97. The van der Waals surface area contributed by atoms with Crippen molar-refractivity contribution in [2.24, 2.45) is 16.8 Å². The van der Waals surface area contributed by atoms with Crippen molar-refractivity contribution in [2.45, 2.75) is 33.6 Å². The monoisotopic (exact) mass is 263 g/mol. The summed E-state index contributed by atoms with van der Waals surface area (Å²) in [6.45, 7) is 7.90. The van der Waals surface area contributed by atoms with Crippen LogP contribution in [0.2, 0.25) is 0 Å². The topological polar surface area (TPSA) is 87.6 Å². The molecule has 0 amide bonds. The smallest absolute Gasteiger partial charge is 0.174 e. The number of anilines is 1. The first kappa shape index (κ1) is 13.6. The lowest BCUT2D eigenvalue weighted by atomic mass is 10.1. The molecule has 2 rings (SSSR count). The van der Waals surface area contributed by atoms with Crippen LogP contribution in [0, 0.1) is 19.8 Å². The van der Waals surface area contributed by atoms with Crippen molar-refractivity contribution in [1.29, 1.82) is 0 Å². The molecule has 1 aliphatic heterocycles. The third-order valence-electron chi connectivity index (χ3n) is 3.96. The minimum Gasteiger partial charge on any atom is -0.409 e. The van der Waals surface area contributed by atoms with Crippen molar-refractivity contribution >= 4 is 11.7 Å². The molecule has 1 atom stereocenters. The average Bonchev–Trinajstić information content (AvgIpc) is 2.89. The summed E-state index contributed by atoms with van der Waals surface area (Å²) in [5.41, 5.74) is 8.23. The highest BCUT2D eigenvalue weighted by atomic mass is 16.4. The minimum absolute atomic E-state index is 0.102. The third-order valence-corrected chi connectivity index (χ3v) is 3.96. The lowest BCUT2D eigenvalue weighted by molar-refractivity contribution is 0.318. The van der Waals surface area contributed by atoms with E-state index in [1.807, 2.05) is 13.8 Å². The van der Waals surface area contributed by atoms with E-state index < -0.39 is 0 Å². The second kappa shape index (κ2) is 5.42. The summed E-state index contributed by atoms with van der Waals surface area (Å²) in [5.74, 6) is 1.52. The number of aryl methyl sites for hydroxylation is 1. The Kier molecular flexibility index (Phi) is 3.87. The molecule has 0 aromatic carbocycles. The van der Waals surface area contributed by atoms with Crippen LogP contribution in [0.1, 0.15) is 36.6 Å². The fraction of sp³-hybridized carbons (Fsp3) is 0.615. The van der Waals surface area contributed by atoms with Crippen LogP contribution >= 0.6 is 0 Å². The third kappa shape index (κ3) is 2.47. The van der Waals surface area contributed by atoms with Crippen LogP contribution in [0.15, 0.2) is 5.16 Å². The van der Waals surface area contributed by atoms with Crippen molar-refractivity contribution in [2.75, 3.05) is 18.0 Å². The van der Waals surface area contributed by atoms with Crippen molar-refractivity contribution in [3.63, 3.8) is 0 Å². The van der Waals surface area contributed by atoms with Crippen molar-refractivity contribution in [1.82, 2.24) is 10.2 Å². The van der Waals surface area contributed by atoms with E-state index in [0.29, 0.717) is 11.5 Å². The van der Waals surface area contributed by atoms with Crippen LogP contribution in [0.3, 0.4) is 0 Å². The molecule has 6 heteroatoms. The molecule has 6 nitrogen and oxygen atoms in total. The molecule has 1 unspecified atom stereocenters. The SMILES string of the molecule is CCC1CCN(c2nnc(C)c(C)c2C(N)=NO)C1. The molecule has 0 spiro atoms. The lowest BCUT2D eigenvalue weighted by Gasteiger charge is -2.21. The Morgan fingerprint density at radius 3 is 2.79 bits per heavy atom. The summed E-state index contributed by atoms with van der Waals surface area (Å²) in [6.07, 6.45) is 2.31. The van der Waals surface area contributed by atoms with Crippen LogP contribution in [0.4, 0.5) is 5.82 Å². The van der Waals surface area contributed by atoms with Crippen LogP contribution in [-0.4, -0.2) is 34.3 Å². The fourth-order valence-electron chi connectivity index (χ4n) is 2.53. The van der Waals surface area contributed by atoms with Gasteiger partial charge in [-0.3, -0.25) is 0 Å². The normalized spacial score (nSPS) is 20.1. The standard InChI is InChI=1S/C13H21N5O/c1-4-10-5-6-18(7-10)13-11(12(14)17-19)8(2)9(3)15-16-13/h10,19H,4-7H2,1-3H3,(H2,14,17). The molecule has 1 aromatic heterocycles. The van der Waals surface area contributed by atoms with E-state index in [0.717, 1.165) is 43.0 Å². The minimum atomic E-state index is 0.102. The first-order chi connectivity index (χ1) is 9.08. The van der Waals surface area contributed by atoms with Crippen LogP contribution in [0.5, 0.6) is 0 Å². The van der Waals surface area contributed by atoms with Gasteiger partial charge in [0.2, 0.25) is 0 Å². The Hall–Kier alpha value is -1.85. The van der Waals surface area contributed by atoms with Gasteiger partial charge in [0, 0.05) is 13.1 Å². The van der Waals surface area contributed by atoms with Gasteiger partial charge in [-0.1, -0.05) is 18.5 Å². The van der Waals surface area contributed by atoms with E-state index in [9.17, 15) is 0 Å². The summed E-state index contributed by atoms with van der Waals surface area (Å²) in [6, 6.07) is 0. The number of hydrogen-bond acceptors (Lipinski definition) is 5. The van der Waals surface area contributed by atoms with Crippen LogP contribution in [-0.2, 0) is 0 Å². The lowest BCUT2D eigenvalue weighted by Crippen LogP contribution is -2.27. The number of amidine groups is 1. The first-order valence-electron chi connectivity index (χ1n) is 6.65. The molecule has 0 aliphatic carbocycles. The van der Waals surface area contributed by atoms with E-state index in [2.05, 4.69) is 27.2 Å². The van der Waals surface area contributed by atoms with Gasteiger partial charge in [-0.2, -0.15) is 5.10 Å². The second-order valence-electron chi connectivity index (χ2n) is 5.10. The molecule has 0 radical (unpaired) electrons. The molecule has 1 aliphatic rings. The molecule has 1 saturated heterocycles. The Bertz CT molecular complexity index is 500. The Labute approximate surface area is 113 Å². The highest BCUT2D eigenvalue weighted by Gasteiger charge is 2.26. The quantitative estimate of drug-likeness (QED) is 0.373. The fourth-order valence-corrected chi connectivity index (χ4v) is 2.53. The molecule has 0 saturated carbocycles. The van der Waals surface area contributed by atoms with Gasteiger partial charge in [0.1, 0.15) is 0 Å². The van der Waals surface area contributed by atoms with E-state index >= 15 is 0 Å². The summed E-state index contributed by atoms with van der Waals surface area (Å²) in [4.78, 5) is 2.18. The van der Waals surface area contributed by atoms with E-state index in [1.54, 1.807) is 0 Å². The Balaban J connectivity index is 2.43. The molecule has 1 fully saturated rings. The number of hydrogen-bond donors (Lipinski definition) is 2. The summed E-state index contributed by atoms with van der Waals surface area (Å²) in [7, 11) is 0. The highest BCUT2D eigenvalue weighted by Crippen LogP contribution is 2.28. The van der Waals surface area contributed by atoms with Gasteiger partial charge in [0.15, 0.2) is 11.7 Å². The van der Waals surface area contributed by atoms with Gasteiger partial charge in [-0.25, -0.2) is 0 Å². The van der Waals surface area contributed by atoms with Crippen LogP contribution < -0.4 is 10.6 Å². The largest absolute Gasteiger partial charge is 0.409 e. The average molecular weight is 263 g/mol. The van der Waals surface area contributed by atoms with Gasteiger partial charge >= 0.3 is 0 Å². The van der Waals surface area contributed by atoms with Gasteiger partial charge in [0.25, 0.3) is 0 Å². The zero-order valence-corrected chi connectivity index (χ0v) is 11.7. The van der Waals surface area contributed by atoms with Gasteiger partial charge < -0.3 is 15.8 Å². The van der Waals surface area contributed by atoms with E-state index in [1.165, 1.54) is 0 Å². The summed E-state index contributed by atoms with van der Waals surface area (Å²) >= 11 is 0. The van der Waals surface area contributed by atoms with Crippen molar-refractivity contribution in [3.8, 4) is 0 Å². The summed E-state index contributed by atoms with van der Waals surface area (Å²) < 4.78 is 0. The van der Waals surface area contributed by atoms with Gasteiger partial charge in [-0.05, 0) is 31.7 Å². The number of nitrogens with two attached hydrogens (primary N) is 1. The van der Waals surface area contributed by atoms with Gasteiger partial charge in [-0.15, -0.1) is 5.10 Å². The molecule has 0 bridgehead atoms.